The highest BCUT2D eigenvalue weighted by Crippen LogP contribution is 2.11. The lowest BCUT2D eigenvalue weighted by molar-refractivity contribution is 0.413. The zero-order valence-electron chi connectivity index (χ0n) is 12.1. The van der Waals surface area contributed by atoms with Crippen molar-refractivity contribution in [3.05, 3.63) is 48.4 Å². The highest BCUT2D eigenvalue weighted by atomic mass is 32.2. The Balaban J connectivity index is 1.90. The van der Waals surface area contributed by atoms with E-state index in [4.69, 9.17) is 0 Å². The molecule has 0 aliphatic rings. The molecule has 114 valence electrons. The van der Waals surface area contributed by atoms with Crippen LogP contribution in [0.1, 0.15) is 12.6 Å². The summed E-state index contributed by atoms with van der Waals surface area (Å²) in [4.78, 5) is 2.00. The number of hydrogen-bond donors (Lipinski definition) is 1. The molecule has 0 bridgehead atoms. The summed E-state index contributed by atoms with van der Waals surface area (Å²) in [7, 11) is -1.50. The van der Waals surface area contributed by atoms with Crippen molar-refractivity contribution in [2.45, 2.75) is 18.7 Å². The summed E-state index contributed by atoms with van der Waals surface area (Å²) in [6, 6.07) is 11.1. The van der Waals surface area contributed by atoms with Gasteiger partial charge in [0.2, 0.25) is 10.0 Å². The standard InChI is InChI=1S/C14H19N3O3S/c1-12(10-17(2)14-6-4-3-5-7-14)16-21(18,19)11-13-8-9-20-15-13/h3-9,12,16H,10-11H2,1-2H3/t12-/m1/s1. The number of aromatic nitrogens is 1. The van der Waals surface area contributed by atoms with Crippen molar-refractivity contribution < 1.29 is 12.9 Å². The van der Waals surface area contributed by atoms with E-state index >= 15 is 0 Å². The minimum absolute atomic E-state index is 0.178. The van der Waals surface area contributed by atoms with E-state index in [-0.39, 0.29) is 11.8 Å². The van der Waals surface area contributed by atoms with E-state index in [1.165, 1.54) is 6.26 Å². The lowest BCUT2D eigenvalue weighted by Crippen LogP contribution is -2.41. The molecule has 0 amide bonds. The molecule has 1 N–H and O–H groups in total. The Labute approximate surface area is 124 Å². The van der Waals surface area contributed by atoms with Gasteiger partial charge >= 0.3 is 0 Å². The van der Waals surface area contributed by atoms with E-state index in [0.717, 1.165) is 5.69 Å². The van der Waals surface area contributed by atoms with Gasteiger partial charge < -0.3 is 9.42 Å². The Bertz CT molecular complexity index is 641. The predicted octanol–water partition coefficient (Wildman–Crippen LogP) is 1.62. The molecule has 1 aromatic heterocycles. The van der Waals surface area contributed by atoms with E-state index in [9.17, 15) is 8.42 Å². The van der Waals surface area contributed by atoms with Crippen LogP contribution in [0.3, 0.4) is 0 Å². The molecule has 1 aromatic carbocycles. The molecule has 0 aliphatic carbocycles. The molecule has 0 fully saturated rings. The number of nitrogens with zero attached hydrogens (tertiary/aromatic N) is 2. The Morgan fingerprint density at radius 3 is 2.62 bits per heavy atom. The SMILES string of the molecule is C[C@H](CN(C)c1ccccc1)NS(=O)(=O)Cc1ccon1. The molecule has 0 saturated carbocycles. The van der Waals surface area contributed by atoms with Crippen molar-refractivity contribution >= 4 is 15.7 Å². The Hall–Kier alpha value is -1.86. The topological polar surface area (TPSA) is 75.4 Å². The number of nitrogens with one attached hydrogen (secondary N) is 1. The minimum Gasteiger partial charge on any atom is -0.373 e. The van der Waals surface area contributed by atoms with Crippen molar-refractivity contribution in [1.29, 1.82) is 0 Å². The summed E-state index contributed by atoms with van der Waals surface area (Å²) in [6.07, 6.45) is 1.36. The Kier molecular flexibility index (Phi) is 4.98. The first-order chi connectivity index (χ1) is 9.96. The maximum atomic E-state index is 12.0. The second-order valence-electron chi connectivity index (χ2n) is 4.98. The number of hydrogen-bond acceptors (Lipinski definition) is 5. The van der Waals surface area contributed by atoms with Crippen molar-refractivity contribution in [2.75, 3.05) is 18.5 Å². The molecule has 1 atom stereocenters. The third-order valence-electron chi connectivity index (χ3n) is 2.95. The van der Waals surface area contributed by atoms with Crippen LogP contribution in [0, 0.1) is 0 Å². The minimum atomic E-state index is -3.43. The molecule has 1 heterocycles. The third kappa shape index (κ3) is 4.87. The van der Waals surface area contributed by atoms with Gasteiger partial charge in [0.25, 0.3) is 0 Å². The van der Waals surface area contributed by atoms with Crippen LogP contribution in [0.5, 0.6) is 0 Å². The molecule has 0 spiro atoms. The number of sulfonamides is 1. The largest absolute Gasteiger partial charge is 0.373 e. The molecule has 0 unspecified atom stereocenters. The molecular formula is C14H19N3O3S. The highest BCUT2D eigenvalue weighted by molar-refractivity contribution is 7.88. The fourth-order valence-corrected chi connectivity index (χ4v) is 3.40. The second-order valence-corrected chi connectivity index (χ2v) is 6.74. The maximum Gasteiger partial charge on any atom is 0.217 e. The summed E-state index contributed by atoms with van der Waals surface area (Å²) < 4.78 is 31.3. The fraction of sp³-hybridized carbons (Fsp3) is 0.357. The molecule has 2 rings (SSSR count). The van der Waals surface area contributed by atoms with Gasteiger partial charge in [0.15, 0.2) is 0 Å². The van der Waals surface area contributed by atoms with Crippen LogP contribution in [0.25, 0.3) is 0 Å². The van der Waals surface area contributed by atoms with Gasteiger partial charge in [-0.15, -0.1) is 0 Å². The van der Waals surface area contributed by atoms with Crippen molar-refractivity contribution in [2.24, 2.45) is 0 Å². The van der Waals surface area contributed by atoms with E-state index in [0.29, 0.717) is 12.2 Å². The van der Waals surface area contributed by atoms with Crippen LogP contribution in [0.4, 0.5) is 5.69 Å². The predicted molar refractivity (Wildman–Crippen MR) is 81.4 cm³/mol. The summed E-state index contributed by atoms with van der Waals surface area (Å²) in [5, 5.41) is 3.61. The molecular weight excluding hydrogens is 290 g/mol. The molecule has 0 aliphatic heterocycles. The monoisotopic (exact) mass is 309 g/mol. The van der Waals surface area contributed by atoms with Gasteiger partial charge in [-0.1, -0.05) is 23.4 Å². The average molecular weight is 309 g/mol. The van der Waals surface area contributed by atoms with Gasteiger partial charge in [0.05, 0.1) is 5.69 Å². The number of anilines is 1. The van der Waals surface area contributed by atoms with E-state index in [1.54, 1.807) is 6.07 Å². The van der Waals surface area contributed by atoms with Crippen molar-refractivity contribution in [3.63, 3.8) is 0 Å². The first-order valence-corrected chi connectivity index (χ1v) is 8.27. The smallest absolute Gasteiger partial charge is 0.217 e. The van der Waals surface area contributed by atoms with Crippen LogP contribution in [-0.4, -0.2) is 33.2 Å². The lowest BCUT2D eigenvalue weighted by Gasteiger charge is -2.23. The lowest BCUT2D eigenvalue weighted by atomic mass is 10.2. The van der Waals surface area contributed by atoms with Gasteiger partial charge in [-0.3, -0.25) is 0 Å². The quantitative estimate of drug-likeness (QED) is 0.841. The summed E-state index contributed by atoms with van der Waals surface area (Å²) in [5.74, 6) is -0.178. The van der Waals surface area contributed by atoms with E-state index < -0.39 is 10.0 Å². The zero-order chi connectivity index (χ0) is 15.3. The van der Waals surface area contributed by atoms with Gasteiger partial charge in [0.1, 0.15) is 12.0 Å². The molecule has 7 heteroatoms. The summed E-state index contributed by atoms with van der Waals surface area (Å²) >= 11 is 0. The summed E-state index contributed by atoms with van der Waals surface area (Å²) in [5.41, 5.74) is 1.44. The van der Waals surface area contributed by atoms with E-state index in [1.807, 2.05) is 49.2 Å². The Morgan fingerprint density at radius 2 is 2.00 bits per heavy atom. The first kappa shape index (κ1) is 15.5. The average Bonchev–Trinajstić information content (AvgIpc) is 2.90. The normalized spacial score (nSPS) is 13.0. The summed E-state index contributed by atoms with van der Waals surface area (Å²) in [6.45, 7) is 2.40. The van der Waals surface area contributed by atoms with Gasteiger partial charge in [-0.25, -0.2) is 13.1 Å². The number of para-hydroxylation sites is 1. The van der Waals surface area contributed by atoms with Crippen LogP contribution >= 0.6 is 0 Å². The van der Waals surface area contributed by atoms with Crippen LogP contribution in [-0.2, 0) is 15.8 Å². The van der Waals surface area contributed by atoms with Gasteiger partial charge in [-0.05, 0) is 19.1 Å². The molecule has 0 saturated heterocycles. The van der Waals surface area contributed by atoms with Crippen molar-refractivity contribution in [1.82, 2.24) is 9.88 Å². The number of likely N-dealkylation sites (N-methyl/N-ethyl adjacent to an activating group) is 1. The molecule has 6 nitrogen and oxygen atoms in total. The van der Waals surface area contributed by atoms with Crippen molar-refractivity contribution in [3.8, 4) is 0 Å². The van der Waals surface area contributed by atoms with Crippen LogP contribution in [0.15, 0.2) is 47.2 Å². The van der Waals surface area contributed by atoms with Crippen LogP contribution < -0.4 is 9.62 Å². The zero-order valence-corrected chi connectivity index (χ0v) is 12.9. The maximum absolute atomic E-state index is 12.0. The number of benzene rings is 1. The molecule has 21 heavy (non-hydrogen) atoms. The fourth-order valence-electron chi connectivity index (χ4n) is 2.09. The van der Waals surface area contributed by atoms with Gasteiger partial charge in [-0.2, -0.15) is 0 Å². The van der Waals surface area contributed by atoms with Crippen LogP contribution in [0.2, 0.25) is 0 Å². The first-order valence-electron chi connectivity index (χ1n) is 6.62. The highest BCUT2D eigenvalue weighted by Gasteiger charge is 2.18. The second kappa shape index (κ2) is 6.73. The third-order valence-corrected chi connectivity index (χ3v) is 4.39. The molecule has 0 radical (unpaired) electrons. The van der Waals surface area contributed by atoms with E-state index in [2.05, 4.69) is 14.4 Å². The molecule has 2 aromatic rings. The number of rotatable bonds is 7. The van der Waals surface area contributed by atoms with Gasteiger partial charge in [0, 0.05) is 31.4 Å². The Morgan fingerprint density at radius 1 is 1.29 bits per heavy atom.